The van der Waals surface area contributed by atoms with E-state index in [9.17, 15) is 10.2 Å². The second kappa shape index (κ2) is 5.07. The lowest BCUT2D eigenvalue weighted by atomic mass is 9.46. The topological polar surface area (TPSA) is 40.5 Å². The van der Waals surface area contributed by atoms with Gasteiger partial charge in [-0.15, -0.1) is 6.58 Å². The van der Waals surface area contributed by atoms with Crippen LogP contribution in [-0.4, -0.2) is 22.9 Å². The lowest BCUT2D eigenvalue weighted by Gasteiger charge is -2.59. The van der Waals surface area contributed by atoms with E-state index in [0.717, 1.165) is 19.3 Å². The molecule has 0 radical (unpaired) electrons. The molecule has 2 N–H and O–H groups in total. The molecule has 2 heteroatoms. The number of aliphatic hydroxyl groups excluding tert-OH is 2. The van der Waals surface area contributed by atoms with Gasteiger partial charge in [0.2, 0.25) is 0 Å². The predicted octanol–water partition coefficient (Wildman–Crippen LogP) is 3.86. The summed E-state index contributed by atoms with van der Waals surface area (Å²) >= 11 is 0. The van der Waals surface area contributed by atoms with Gasteiger partial charge in [0.1, 0.15) is 0 Å². The average molecular weight is 302 g/mol. The molecule has 2 saturated carbocycles. The summed E-state index contributed by atoms with van der Waals surface area (Å²) in [5.74, 6) is 0.661. The Balaban J connectivity index is 2.04. The Morgan fingerprint density at radius 1 is 1.32 bits per heavy atom. The number of allylic oxidation sites excluding steroid dienone is 4. The van der Waals surface area contributed by atoms with Gasteiger partial charge >= 0.3 is 0 Å². The molecule has 0 aliphatic heterocycles. The highest BCUT2D eigenvalue weighted by Gasteiger charge is 2.56. The fourth-order valence-corrected chi connectivity index (χ4v) is 5.43. The second-order valence-electron chi connectivity index (χ2n) is 8.53. The molecule has 0 aromatic rings. The molecule has 0 aromatic heterocycles. The Labute approximate surface area is 134 Å². The van der Waals surface area contributed by atoms with Crippen molar-refractivity contribution in [3.8, 4) is 0 Å². The van der Waals surface area contributed by atoms with Crippen LogP contribution >= 0.6 is 0 Å². The van der Waals surface area contributed by atoms with Crippen LogP contribution < -0.4 is 0 Å². The predicted molar refractivity (Wildman–Crippen MR) is 90.3 cm³/mol. The van der Waals surface area contributed by atoms with Gasteiger partial charge in [0, 0.05) is 17.9 Å². The average Bonchev–Trinajstić information content (AvgIpc) is 2.50. The minimum Gasteiger partial charge on any atom is -0.396 e. The lowest BCUT2D eigenvalue weighted by molar-refractivity contribution is -0.0987. The largest absolute Gasteiger partial charge is 0.396 e. The second-order valence-corrected chi connectivity index (χ2v) is 8.53. The fourth-order valence-electron chi connectivity index (χ4n) is 5.43. The zero-order chi connectivity index (χ0) is 16.2. The number of hydrogen-bond acceptors (Lipinski definition) is 2. The van der Waals surface area contributed by atoms with Crippen molar-refractivity contribution in [3.63, 3.8) is 0 Å². The Hall–Kier alpha value is -0.860. The minimum absolute atomic E-state index is 0.0630. The summed E-state index contributed by atoms with van der Waals surface area (Å²) in [6.07, 6.45) is 12.5. The third-order valence-electron chi connectivity index (χ3n) is 6.94. The number of hydrogen-bond donors (Lipinski definition) is 2. The quantitative estimate of drug-likeness (QED) is 0.760. The minimum atomic E-state index is -0.392. The molecule has 0 spiro atoms. The first-order valence-corrected chi connectivity index (χ1v) is 8.62. The van der Waals surface area contributed by atoms with Gasteiger partial charge in [-0.25, -0.2) is 0 Å². The van der Waals surface area contributed by atoms with Gasteiger partial charge in [-0.3, -0.25) is 0 Å². The number of rotatable bonds is 2. The smallest absolute Gasteiger partial charge is 0.0759 e. The lowest BCUT2D eigenvalue weighted by Crippen LogP contribution is -2.55. The maximum Gasteiger partial charge on any atom is 0.0759 e. The molecular formula is C20H30O2. The highest BCUT2D eigenvalue weighted by molar-refractivity contribution is 5.37. The van der Waals surface area contributed by atoms with E-state index in [1.807, 2.05) is 6.08 Å². The maximum atomic E-state index is 10.8. The van der Waals surface area contributed by atoms with Gasteiger partial charge in [-0.2, -0.15) is 0 Å². The van der Waals surface area contributed by atoms with Crippen molar-refractivity contribution < 1.29 is 10.2 Å². The van der Waals surface area contributed by atoms with Crippen molar-refractivity contribution in [3.05, 3.63) is 36.5 Å². The molecule has 3 aliphatic rings. The number of fused-ring (bicyclic) bond motifs is 3. The van der Waals surface area contributed by atoms with Crippen LogP contribution in [0.3, 0.4) is 0 Å². The number of aliphatic hydroxyl groups is 2. The first-order chi connectivity index (χ1) is 10.3. The van der Waals surface area contributed by atoms with E-state index in [2.05, 4.69) is 45.6 Å². The Bertz CT molecular complexity index is 534. The molecule has 122 valence electrons. The van der Waals surface area contributed by atoms with E-state index >= 15 is 0 Å². The Morgan fingerprint density at radius 3 is 2.68 bits per heavy atom. The fraction of sp³-hybridized carbons (Fsp3) is 0.700. The summed E-state index contributed by atoms with van der Waals surface area (Å²) in [6, 6.07) is 0. The van der Waals surface area contributed by atoms with Crippen LogP contribution in [0.25, 0.3) is 0 Å². The summed E-state index contributed by atoms with van der Waals surface area (Å²) in [7, 11) is 0. The molecule has 2 fully saturated rings. The van der Waals surface area contributed by atoms with Crippen LogP contribution in [0, 0.1) is 28.1 Å². The van der Waals surface area contributed by atoms with E-state index in [0.29, 0.717) is 11.8 Å². The van der Waals surface area contributed by atoms with Crippen molar-refractivity contribution in [2.75, 3.05) is 6.61 Å². The van der Waals surface area contributed by atoms with Gasteiger partial charge in [0.05, 0.1) is 6.10 Å². The first kappa shape index (κ1) is 16.0. The van der Waals surface area contributed by atoms with E-state index in [1.54, 1.807) is 0 Å². The molecule has 3 rings (SSSR count). The summed E-state index contributed by atoms with van der Waals surface area (Å²) in [4.78, 5) is 0. The Kier molecular flexibility index (Phi) is 3.69. The first-order valence-electron chi connectivity index (χ1n) is 8.62. The summed E-state index contributed by atoms with van der Waals surface area (Å²) in [6.45, 7) is 10.9. The van der Waals surface area contributed by atoms with Crippen LogP contribution in [-0.2, 0) is 0 Å². The standard InChI is InChI=1S/C20H30O2/c1-5-18(2)10-7-15-14(12-18)16(22)11-17-19(3,13-21)8-6-9-20(15,17)4/h5,7,10,12,15-17,21-22H,1,6,8-9,11,13H2,2-4H3/t15-,16+,17-,18-,19-,20+/m0/s1. The van der Waals surface area contributed by atoms with E-state index in [1.165, 1.54) is 12.0 Å². The van der Waals surface area contributed by atoms with E-state index in [4.69, 9.17) is 0 Å². The molecular weight excluding hydrogens is 272 g/mol. The third kappa shape index (κ3) is 2.15. The van der Waals surface area contributed by atoms with Crippen molar-refractivity contribution in [2.24, 2.45) is 28.1 Å². The summed E-state index contributed by atoms with van der Waals surface area (Å²) in [5, 5.41) is 20.8. The van der Waals surface area contributed by atoms with Gasteiger partial charge in [-0.05, 0) is 48.5 Å². The van der Waals surface area contributed by atoms with Crippen molar-refractivity contribution in [1.82, 2.24) is 0 Å². The maximum absolute atomic E-state index is 10.8. The molecule has 0 bridgehead atoms. The van der Waals surface area contributed by atoms with Crippen LogP contribution in [0.5, 0.6) is 0 Å². The van der Waals surface area contributed by atoms with E-state index < -0.39 is 6.10 Å². The molecule has 0 aromatic carbocycles. The summed E-state index contributed by atoms with van der Waals surface area (Å²) < 4.78 is 0. The molecule has 0 amide bonds. The van der Waals surface area contributed by atoms with Crippen LogP contribution in [0.1, 0.15) is 46.5 Å². The van der Waals surface area contributed by atoms with Gasteiger partial charge in [0.15, 0.2) is 0 Å². The SMILES string of the molecule is C=C[C@@]1(C)C=C[C@H]2C(=C1)[C@H](O)C[C@H]1[C@](C)(CO)CCC[C@]21C. The van der Waals surface area contributed by atoms with Gasteiger partial charge in [-0.1, -0.05) is 44.6 Å². The zero-order valence-electron chi connectivity index (χ0n) is 14.2. The molecule has 3 aliphatic carbocycles. The van der Waals surface area contributed by atoms with Crippen LogP contribution in [0.4, 0.5) is 0 Å². The van der Waals surface area contributed by atoms with Crippen molar-refractivity contribution in [2.45, 2.75) is 52.6 Å². The van der Waals surface area contributed by atoms with Crippen molar-refractivity contribution in [1.29, 1.82) is 0 Å². The molecule has 6 atom stereocenters. The van der Waals surface area contributed by atoms with Gasteiger partial charge < -0.3 is 10.2 Å². The molecule has 0 unspecified atom stereocenters. The normalized spacial score (nSPS) is 50.8. The highest BCUT2D eigenvalue weighted by Crippen LogP contribution is 2.62. The molecule has 22 heavy (non-hydrogen) atoms. The zero-order valence-corrected chi connectivity index (χ0v) is 14.2. The molecule has 0 saturated heterocycles. The van der Waals surface area contributed by atoms with Crippen LogP contribution in [0.15, 0.2) is 36.5 Å². The highest BCUT2D eigenvalue weighted by atomic mass is 16.3. The van der Waals surface area contributed by atoms with Gasteiger partial charge in [0.25, 0.3) is 0 Å². The molecule has 0 heterocycles. The van der Waals surface area contributed by atoms with Crippen LogP contribution in [0.2, 0.25) is 0 Å². The summed E-state index contributed by atoms with van der Waals surface area (Å²) in [5.41, 5.74) is 1.10. The third-order valence-corrected chi connectivity index (χ3v) is 6.94. The Morgan fingerprint density at radius 2 is 2.05 bits per heavy atom. The molecule has 2 nitrogen and oxygen atoms in total. The van der Waals surface area contributed by atoms with E-state index in [-0.39, 0.29) is 22.9 Å². The van der Waals surface area contributed by atoms with Crippen molar-refractivity contribution >= 4 is 0 Å². The monoisotopic (exact) mass is 302 g/mol.